The third kappa shape index (κ3) is 3.60. The number of rotatable bonds is 5. The average molecular weight is 341 g/mol. The predicted octanol–water partition coefficient (Wildman–Crippen LogP) is 2.92. The number of aryl methyl sites for hydroxylation is 2. The zero-order valence-corrected chi connectivity index (χ0v) is 13.4. The maximum atomic E-state index is 5.73. The van der Waals surface area contributed by atoms with Crippen molar-refractivity contribution in [1.82, 2.24) is 15.6 Å². The molecule has 1 atom stereocenters. The average Bonchev–Trinajstić information content (AvgIpc) is 2.81. The molecule has 0 saturated carbocycles. The van der Waals surface area contributed by atoms with Gasteiger partial charge in [-0.3, -0.25) is 11.3 Å². The summed E-state index contributed by atoms with van der Waals surface area (Å²) < 4.78 is 1.11. The van der Waals surface area contributed by atoms with Crippen molar-refractivity contribution in [3.63, 3.8) is 0 Å². The number of nitrogens with zero attached hydrogens (tertiary/aromatic N) is 2. The molecule has 2 aromatic heterocycles. The predicted molar refractivity (Wildman–Crippen MR) is 81.9 cm³/mol. The molecule has 0 aliphatic rings. The van der Waals surface area contributed by atoms with Crippen molar-refractivity contribution in [3.05, 3.63) is 43.8 Å². The van der Waals surface area contributed by atoms with Gasteiger partial charge in [-0.15, -0.1) is 11.3 Å². The summed E-state index contributed by atoms with van der Waals surface area (Å²) in [6.07, 6.45) is 1.71. The number of hydrogen-bond acceptors (Lipinski definition) is 5. The van der Waals surface area contributed by atoms with E-state index in [4.69, 9.17) is 5.84 Å². The fraction of sp³-hybridized carbons (Fsp3) is 0.385. The molecule has 0 fully saturated rings. The fourth-order valence-electron chi connectivity index (χ4n) is 2.03. The van der Waals surface area contributed by atoms with E-state index in [0.29, 0.717) is 0 Å². The van der Waals surface area contributed by atoms with Gasteiger partial charge in [0.15, 0.2) is 0 Å². The maximum absolute atomic E-state index is 5.73. The second-order valence-corrected chi connectivity index (χ2v) is 6.31. The van der Waals surface area contributed by atoms with Gasteiger partial charge in [-0.2, -0.15) is 10.2 Å². The van der Waals surface area contributed by atoms with E-state index in [1.54, 1.807) is 11.3 Å². The molecule has 2 heterocycles. The summed E-state index contributed by atoms with van der Waals surface area (Å²) in [4.78, 5) is 1.28. The fourth-order valence-corrected chi connectivity index (χ4v) is 3.53. The van der Waals surface area contributed by atoms with E-state index < -0.39 is 0 Å². The van der Waals surface area contributed by atoms with Crippen LogP contribution in [0.3, 0.4) is 0 Å². The minimum atomic E-state index is 0.0645. The molecule has 19 heavy (non-hydrogen) atoms. The zero-order valence-electron chi connectivity index (χ0n) is 11.0. The number of hydrogen-bond donors (Lipinski definition) is 2. The lowest BCUT2D eigenvalue weighted by atomic mass is 10.0. The van der Waals surface area contributed by atoms with Gasteiger partial charge in [0.25, 0.3) is 0 Å². The number of thiophene rings is 1. The molecule has 0 saturated heterocycles. The van der Waals surface area contributed by atoms with Crippen LogP contribution in [0.15, 0.2) is 22.0 Å². The Morgan fingerprint density at radius 1 is 1.42 bits per heavy atom. The lowest BCUT2D eigenvalue weighted by Gasteiger charge is -2.18. The second kappa shape index (κ2) is 6.56. The van der Waals surface area contributed by atoms with Crippen LogP contribution < -0.4 is 11.3 Å². The summed E-state index contributed by atoms with van der Waals surface area (Å²) in [5.74, 6) is 5.73. The molecule has 2 rings (SSSR count). The quantitative estimate of drug-likeness (QED) is 0.648. The van der Waals surface area contributed by atoms with E-state index in [1.807, 2.05) is 6.92 Å². The molecule has 0 radical (unpaired) electrons. The van der Waals surface area contributed by atoms with Gasteiger partial charge in [0.2, 0.25) is 0 Å². The molecule has 1 unspecified atom stereocenters. The van der Waals surface area contributed by atoms with Crippen molar-refractivity contribution in [2.45, 2.75) is 32.7 Å². The van der Waals surface area contributed by atoms with Gasteiger partial charge in [0.05, 0.1) is 17.4 Å². The molecule has 0 aliphatic carbocycles. The van der Waals surface area contributed by atoms with Gasteiger partial charge < -0.3 is 0 Å². The Labute approximate surface area is 125 Å². The van der Waals surface area contributed by atoms with E-state index in [0.717, 1.165) is 34.3 Å². The first kappa shape index (κ1) is 14.6. The van der Waals surface area contributed by atoms with Gasteiger partial charge in [-0.1, -0.05) is 6.92 Å². The smallest absolute Gasteiger partial charge is 0.0676 e. The van der Waals surface area contributed by atoms with Crippen LogP contribution in [0.5, 0.6) is 0 Å². The third-order valence-corrected chi connectivity index (χ3v) is 4.68. The first-order valence-corrected chi connectivity index (χ1v) is 7.83. The molecule has 4 nitrogen and oxygen atoms in total. The topological polar surface area (TPSA) is 63.8 Å². The highest BCUT2D eigenvalue weighted by Gasteiger charge is 2.16. The van der Waals surface area contributed by atoms with Crippen molar-refractivity contribution >= 4 is 27.3 Å². The first-order chi connectivity index (χ1) is 9.13. The van der Waals surface area contributed by atoms with E-state index in [2.05, 4.69) is 56.0 Å². The number of nitrogens with one attached hydrogen (secondary N) is 1. The van der Waals surface area contributed by atoms with Gasteiger partial charge in [-0.05, 0) is 47.0 Å². The van der Waals surface area contributed by atoms with Crippen LogP contribution in [-0.2, 0) is 12.8 Å². The normalized spacial score (nSPS) is 12.6. The molecule has 0 aromatic carbocycles. The minimum Gasteiger partial charge on any atom is -0.271 e. The van der Waals surface area contributed by atoms with Crippen LogP contribution in [0.1, 0.15) is 34.8 Å². The van der Waals surface area contributed by atoms with Crippen LogP contribution in [0.2, 0.25) is 0 Å². The summed E-state index contributed by atoms with van der Waals surface area (Å²) in [7, 11) is 0. The highest BCUT2D eigenvalue weighted by Crippen LogP contribution is 2.26. The molecule has 3 N–H and O–H groups in total. The lowest BCUT2D eigenvalue weighted by molar-refractivity contribution is 0.545. The Balaban J connectivity index is 2.28. The highest BCUT2D eigenvalue weighted by molar-refractivity contribution is 9.10. The summed E-state index contributed by atoms with van der Waals surface area (Å²) in [6, 6.07) is 4.26. The summed E-state index contributed by atoms with van der Waals surface area (Å²) >= 11 is 5.20. The first-order valence-electron chi connectivity index (χ1n) is 6.16. The van der Waals surface area contributed by atoms with Crippen molar-refractivity contribution in [2.75, 3.05) is 0 Å². The molecule has 0 amide bonds. The number of aromatic nitrogens is 2. The summed E-state index contributed by atoms with van der Waals surface area (Å²) in [6.45, 7) is 4.03. The van der Waals surface area contributed by atoms with Crippen molar-refractivity contribution < 1.29 is 0 Å². The van der Waals surface area contributed by atoms with Crippen molar-refractivity contribution in [1.29, 1.82) is 0 Å². The Morgan fingerprint density at radius 3 is 2.79 bits per heavy atom. The lowest BCUT2D eigenvalue weighted by Crippen LogP contribution is -2.30. The van der Waals surface area contributed by atoms with E-state index in [9.17, 15) is 0 Å². The molecule has 6 heteroatoms. The monoisotopic (exact) mass is 340 g/mol. The van der Waals surface area contributed by atoms with Crippen molar-refractivity contribution in [3.8, 4) is 0 Å². The number of halogens is 1. The van der Waals surface area contributed by atoms with E-state index >= 15 is 0 Å². The SMILES string of the molecule is CCc1nnc(C)cc1C(Cc1cc(Br)cs1)NN. The molecule has 2 aromatic rings. The van der Waals surface area contributed by atoms with Crippen molar-refractivity contribution in [2.24, 2.45) is 5.84 Å². The van der Waals surface area contributed by atoms with Gasteiger partial charge in [0, 0.05) is 21.2 Å². The zero-order chi connectivity index (χ0) is 13.8. The molecule has 0 bridgehead atoms. The molecule has 0 aliphatic heterocycles. The number of nitrogens with two attached hydrogens (primary N) is 1. The van der Waals surface area contributed by atoms with Crippen LogP contribution in [0.4, 0.5) is 0 Å². The minimum absolute atomic E-state index is 0.0645. The van der Waals surface area contributed by atoms with E-state index in [1.165, 1.54) is 4.88 Å². The van der Waals surface area contributed by atoms with Crippen LogP contribution in [0, 0.1) is 6.92 Å². The Kier molecular flexibility index (Phi) is 5.04. The van der Waals surface area contributed by atoms with Crippen LogP contribution in [-0.4, -0.2) is 10.2 Å². The Hall–Kier alpha value is -0.820. The number of hydrazine groups is 1. The van der Waals surface area contributed by atoms with Crippen LogP contribution >= 0.6 is 27.3 Å². The summed E-state index contributed by atoms with van der Waals surface area (Å²) in [5.41, 5.74) is 5.96. The molecular formula is C13H17BrN4S. The second-order valence-electron chi connectivity index (χ2n) is 4.40. The largest absolute Gasteiger partial charge is 0.271 e. The van der Waals surface area contributed by atoms with Crippen LogP contribution in [0.25, 0.3) is 0 Å². The Bertz CT molecular complexity index is 555. The van der Waals surface area contributed by atoms with Gasteiger partial charge in [0.1, 0.15) is 0 Å². The van der Waals surface area contributed by atoms with Gasteiger partial charge in [-0.25, -0.2) is 0 Å². The van der Waals surface area contributed by atoms with E-state index in [-0.39, 0.29) is 6.04 Å². The van der Waals surface area contributed by atoms with Gasteiger partial charge >= 0.3 is 0 Å². The molecule has 0 spiro atoms. The molecule has 102 valence electrons. The maximum Gasteiger partial charge on any atom is 0.0676 e. The Morgan fingerprint density at radius 2 is 2.21 bits per heavy atom. The third-order valence-electron chi connectivity index (χ3n) is 2.96. The summed E-state index contributed by atoms with van der Waals surface area (Å²) in [5, 5.41) is 10.5. The molecular weight excluding hydrogens is 324 g/mol. The standard InChI is InChI=1S/C13H17BrN4S/c1-3-12-11(4-8(2)17-18-12)13(16-15)6-10-5-9(14)7-19-10/h4-5,7,13,16H,3,6,15H2,1-2H3. The highest BCUT2D eigenvalue weighted by atomic mass is 79.9.